The molecule has 0 aromatic heterocycles. The first-order valence-corrected chi connectivity index (χ1v) is 10.8. The summed E-state index contributed by atoms with van der Waals surface area (Å²) in [5.74, 6) is 0.485. The summed E-state index contributed by atoms with van der Waals surface area (Å²) in [5.41, 5.74) is 2.40. The lowest BCUT2D eigenvalue weighted by Gasteiger charge is -2.46. The fraction of sp³-hybridized carbons (Fsp3) is 0.895. The molecule has 126 valence electrons. The van der Waals surface area contributed by atoms with Gasteiger partial charge in [-0.3, -0.25) is 0 Å². The van der Waals surface area contributed by atoms with Crippen molar-refractivity contribution in [2.75, 3.05) is 6.61 Å². The maximum Gasteiger partial charge on any atom is 0.346 e. The molecule has 3 fully saturated rings. The maximum atomic E-state index is 11.5. The van der Waals surface area contributed by atoms with Crippen molar-refractivity contribution in [1.29, 1.82) is 0 Å². The summed E-state index contributed by atoms with van der Waals surface area (Å²) in [6, 6.07) is 0. The highest BCUT2D eigenvalue weighted by atomic mass is 28.4. The lowest BCUT2D eigenvalue weighted by Crippen LogP contribution is -2.55. The summed E-state index contributed by atoms with van der Waals surface area (Å²) in [7, 11) is -2.85. The monoisotopic (exact) mass is 322 g/mol. The number of hydrogen-bond acceptors (Lipinski definition) is 2. The SMILES string of the molecule is C=C1[C@H](CO[Si](O)(C(C)(C)C)C(C)(C)C)C2(CC2)CC12CC2. The topological polar surface area (TPSA) is 29.5 Å². The van der Waals surface area contributed by atoms with Crippen LogP contribution in [0.25, 0.3) is 0 Å². The molecule has 0 aromatic carbocycles. The zero-order valence-corrected chi connectivity index (χ0v) is 16.4. The fourth-order valence-electron chi connectivity index (χ4n) is 5.02. The molecular formula is C19H34O2Si. The van der Waals surface area contributed by atoms with Gasteiger partial charge in [-0.1, -0.05) is 53.7 Å². The molecule has 0 amide bonds. The van der Waals surface area contributed by atoms with Crippen LogP contribution in [0.3, 0.4) is 0 Å². The Morgan fingerprint density at radius 1 is 1.09 bits per heavy atom. The van der Waals surface area contributed by atoms with E-state index in [-0.39, 0.29) is 10.1 Å². The molecule has 2 nitrogen and oxygen atoms in total. The Morgan fingerprint density at radius 2 is 1.59 bits per heavy atom. The minimum absolute atomic E-state index is 0.181. The second-order valence-corrected chi connectivity index (χ2v) is 14.9. The van der Waals surface area contributed by atoms with Crippen molar-refractivity contribution in [3.8, 4) is 0 Å². The average molecular weight is 323 g/mol. The number of hydrogen-bond donors (Lipinski definition) is 1. The van der Waals surface area contributed by atoms with E-state index in [4.69, 9.17) is 4.43 Å². The molecule has 3 aliphatic rings. The molecule has 1 N–H and O–H groups in total. The van der Waals surface area contributed by atoms with E-state index in [1.807, 2.05) is 0 Å². The average Bonchev–Trinajstić information content (AvgIpc) is 3.24. The first-order valence-electron chi connectivity index (χ1n) is 8.93. The summed E-state index contributed by atoms with van der Waals surface area (Å²) >= 11 is 0. The molecule has 3 heteroatoms. The molecule has 22 heavy (non-hydrogen) atoms. The molecule has 0 aliphatic heterocycles. The molecule has 2 spiro atoms. The highest BCUT2D eigenvalue weighted by Crippen LogP contribution is 2.75. The van der Waals surface area contributed by atoms with Crippen LogP contribution < -0.4 is 0 Å². The van der Waals surface area contributed by atoms with Gasteiger partial charge in [-0.05, 0) is 42.9 Å². The smallest absolute Gasteiger partial charge is 0.346 e. The molecule has 3 rings (SSSR count). The molecule has 0 bridgehead atoms. The van der Waals surface area contributed by atoms with Crippen LogP contribution in [0.5, 0.6) is 0 Å². The highest BCUT2D eigenvalue weighted by Gasteiger charge is 2.67. The lowest BCUT2D eigenvalue weighted by molar-refractivity contribution is 0.140. The predicted molar refractivity (Wildman–Crippen MR) is 93.9 cm³/mol. The molecule has 3 aliphatic carbocycles. The molecule has 0 radical (unpaired) electrons. The van der Waals surface area contributed by atoms with Gasteiger partial charge in [0.1, 0.15) is 0 Å². The van der Waals surface area contributed by atoms with E-state index in [0.717, 1.165) is 0 Å². The first kappa shape index (κ1) is 16.7. The Labute approximate surface area is 137 Å². The van der Waals surface area contributed by atoms with E-state index in [9.17, 15) is 4.80 Å². The van der Waals surface area contributed by atoms with Gasteiger partial charge in [-0.25, -0.2) is 0 Å². The third-order valence-corrected chi connectivity index (χ3v) is 11.4. The molecule has 3 saturated carbocycles. The Hall–Kier alpha value is -0.123. The zero-order valence-electron chi connectivity index (χ0n) is 15.4. The summed E-state index contributed by atoms with van der Waals surface area (Å²) in [5, 5.41) is -0.363. The van der Waals surface area contributed by atoms with Crippen LogP contribution in [0.2, 0.25) is 10.1 Å². The minimum Gasteiger partial charge on any atom is -0.410 e. The van der Waals surface area contributed by atoms with Crippen LogP contribution >= 0.6 is 0 Å². The van der Waals surface area contributed by atoms with Crippen LogP contribution in [0.15, 0.2) is 12.2 Å². The van der Waals surface area contributed by atoms with Crippen molar-refractivity contribution in [3.63, 3.8) is 0 Å². The van der Waals surface area contributed by atoms with E-state index < -0.39 is 8.56 Å². The largest absolute Gasteiger partial charge is 0.410 e. The van der Waals surface area contributed by atoms with E-state index in [1.54, 1.807) is 0 Å². The third-order valence-electron chi connectivity index (χ3n) is 6.77. The quantitative estimate of drug-likeness (QED) is 0.573. The Morgan fingerprint density at radius 3 is 1.95 bits per heavy atom. The van der Waals surface area contributed by atoms with Gasteiger partial charge >= 0.3 is 8.56 Å². The normalized spacial score (nSPS) is 29.4. The Bertz CT molecular complexity index is 473. The maximum absolute atomic E-state index is 11.5. The van der Waals surface area contributed by atoms with Crippen LogP contribution in [0.4, 0.5) is 0 Å². The minimum atomic E-state index is -2.85. The van der Waals surface area contributed by atoms with Crippen LogP contribution in [0, 0.1) is 16.7 Å². The van der Waals surface area contributed by atoms with E-state index in [0.29, 0.717) is 23.4 Å². The van der Waals surface area contributed by atoms with Crippen molar-refractivity contribution < 1.29 is 9.22 Å². The summed E-state index contributed by atoms with van der Waals surface area (Å²) in [6.07, 6.45) is 6.70. The predicted octanol–water partition coefficient (Wildman–Crippen LogP) is 5.17. The van der Waals surface area contributed by atoms with Crippen molar-refractivity contribution >= 4 is 8.56 Å². The highest BCUT2D eigenvalue weighted by molar-refractivity contribution is 6.72. The Balaban J connectivity index is 1.77. The van der Waals surface area contributed by atoms with Gasteiger partial charge < -0.3 is 9.22 Å². The molecule has 1 atom stereocenters. The van der Waals surface area contributed by atoms with Gasteiger partial charge in [0.2, 0.25) is 0 Å². The Kier molecular flexibility index (Phi) is 3.41. The van der Waals surface area contributed by atoms with Crippen LogP contribution in [-0.2, 0) is 4.43 Å². The van der Waals surface area contributed by atoms with Crippen molar-refractivity contribution in [3.05, 3.63) is 12.2 Å². The van der Waals surface area contributed by atoms with Crippen LogP contribution in [0.1, 0.15) is 73.6 Å². The van der Waals surface area contributed by atoms with Gasteiger partial charge in [-0.15, -0.1) is 0 Å². The van der Waals surface area contributed by atoms with Gasteiger partial charge in [0, 0.05) is 22.6 Å². The van der Waals surface area contributed by atoms with Gasteiger partial charge in [0.05, 0.1) is 0 Å². The second kappa shape index (κ2) is 4.49. The first-order chi connectivity index (χ1) is 9.87. The molecule has 0 saturated heterocycles. The van der Waals surface area contributed by atoms with Crippen molar-refractivity contribution in [1.82, 2.24) is 0 Å². The number of rotatable bonds is 3. The summed E-state index contributed by atoms with van der Waals surface area (Å²) < 4.78 is 6.44. The molecule has 0 heterocycles. The lowest BCUT2D eigenvalue weighted by atomic mass is 9.92. The second-order valence-electron chi connectivity index (χ2n) is 10.4. The van der Waals surface area contributed by atoms with E-state index in [1.165, 1.54) is 37.7 Å². The standard InChI is InChI=1S/C19H34O2Si/c1-14-15(19(10-11-19)13-18(14)8-9-18)12-21-22(20,16(2,3)4)17(5,6)7/h15,20H,1,8-13H2,2-7H3/t15-/m0/s1. The van der Waals surface area contributed by atoms with Crippen LogP contribution in [-0.4, -0.2) is 20.0 Å². The van der Waals surface area contributed by atoms with Crippen molar-refractivity contribution in [2.45, 2.75) is 83.7 Å². The molecule has 0 unspecified atom stereocenters. The fourth-order valence-corrected chi connectivity index (χ4v) is 8.55. The summed E-state index contributed by atoms with van der Waals surface area (Å²) in [4.78, 5) is 11.5. The van der Waals surface area contributed by atoms with E-state index >= 15 is 0 Å². The van der Waals surface area contributed by atoms with Gasteiger partial charge in [0.25, 0.3) is 0 Å². The third kappa shape index (κ3) is 2.27. The molecule has 0 aromatic rings. The van der Waals surface area contributed by atoms with Gasteiger partial charge in [-0.2, -0.15) is 0 Å². The summed E-state index contributed by atoms with van der Waals surface area (Å²) in [6.45, 7) is 17.9. The van der Waals surface area contributed by atoms with E-state index in [2.05, 4.69) is 48.1 Å². The zero-order chi connectivity index (χ0) is 16.6. The van der Waals surface area contributed by atoms with Crippen molar-refractivity contribution in [2.24, 2.45) is 16.7 Å². The van der Waals surface area contributed by atoms with Gasteiger partial charge in [0.15, 0.2) is 0 Å². The molecular weight excluding hydrogens is 288 g/mol.